The van der Waals surface area contributed by atoms with Crippen LogP contribution < -0.4 is 5.32 Å². The zero-order valence-corrected chi connectivity index (χ0v) is 17.4. The molecule has 0 atom stereocenters. The number of carbonyl (C=O) groups is 1. The monoisotopic (exact) mass is 383 g/mol. The minimum atomic E-state index is -0.0839. The van der Waals surface area contributed by atoms with Crippen LogP contribution in [0.2, 0.25) is 0 Å². The smallest absolute Gasteiger partial charge is 0.253 e. The van der Waals surface area contributed by atoms with Crippen LogP contribution in [0, 0.1) is 20.8 Å². The average molecular weight is 384 g/mol. The molecular formula is C20H25N5OS. The van der Waals surface area contributed by atoms with Crippen LogP contribution >= 0.6 is 11.8 Å². The number of anilines is 1. The fourth-order valence-corrected chi connectivity index (χ4v) is 3.30. The molecule has 0 unspecified atom stereocenters. The van der Waals surface area contributed by atoms with Crippen molar-refractivity contribution in [1.82, 2.24) is 19.6 Å². The highest BCUT2D eigenvalue weighted by atomic mass is 32.2. The van der Waals surface area contributed by atoms with Gasteiger partial charge in [0.05, 0.1) is 5.75 Å². The Morgan fingerprint density at radius 2 is 1.78 bits per heavy atom. The third-order valence-corrected chi connectivity index (χ3v) is 5.45. The van der Waals surface area contributed by atoms with Crippen LogP contribution in [0.4, 0.5) is 5.69 Å². The first-order chi connectivity index (χ1) is 12.6. The van der Waals surface area contributed by atoms with Crippen molar-refractivity contribution < 1.29 is 4.79 Å². The molecular weight excluding hydrogens is 358 g/mol. The van der Waals surface area contributed by atoms with Gasteiger partial charge >= 0.3 is 0 Å². The van der Waals surface area contributed by atoms with Crippen molar-refractivity contribution in [1.29, 1.82) is 0 Å². The zero-order valence-electron chi connectivity index (χ0n) is 16.6. The van der Waals surface area contributed by atoms with E-state index in [-0.39, 0.29) is 17.1 Å². The number of carbonyl (C=O) groups excluding carboxylic acids is 1. The number of hydrogen-bond acceptors (Lipinski definition) is 5. The van der Waals surface area contributed by atoms with E-state index in [2.05, 4.69) is 41.2 Å². The van der Waals surface area contributed by atoms with E-state index < -0.39 is 0 Å². The van der Waals surface area contributed by atoms with E-state index in [9.17, 15) is 4.79 Å². The van der Waals surface area contributed by atoms with Crippen molar-refractivity contribution >= 4 is 29.1 Å². The summed E-state index contributed by atoms with van der Waals surface area (Å²) < 4.78 is 1.73. The highest BCUT2D eigenvalue weighted by Crippen LogP contribution is 2.24. The molecule has 0 bridgehead atoms. The van der Waals surface area contributed by atoms with Gasteiger partial charge in [0.1, 0.15) is 0 Å². The van der Waals surface area contributed by atoms with Gasteiger partial charge in [-0.15, -0.1) is 5.10 Å². The van der Waals surface area contributed by atoms with Gasteiger partial charge in [-0.1, -0.05) is 44.7 Å². The van der Waals surface area contributed by atoms with Gasteiger partial charge < -0.3 is 5.32 Å². The number of benzene rings is 1. The Kier molecular flexibility index (Phi) is 5.24. The number of nitrogens with one attached hydrogen (secondary N) is 1. The summed E-state index contributed by atoms with van der Waals surface area (Å²) in [6.07, 6.45) is 0. The van der Waals surface area contributed by atoms with Gasteiger partial charge in [0.2, 0.25) is 11.1 Å². The van der Waals surface area contributed by atoms with Gasteiger partial charge in [0.15, 0.2) is 0 Å². The van der Waals surface area contributed by atoms with Crippen LogP contribution in [0.3, 0.4) is 0 Å². The van der Waals surface area contributed by atoms with Gasteiger partial charge in [0.25, 0.3) is 5.78 Å². The summed E-state index contributed by atoms with van der Waals surface area (Å²) in [5.41, 5.74) is 5.18. The number of hydrogen-bond donors (Lipinski definition) is 1. The first-order valence-corrected chi connectivity index (χ1v) is 9.87. The molecule has 0 spiro atoms. The van der Waals surface area contributed by atoms with Crippen LogP contribution in [0.15, 0.2) is 29.4 Å². The Balaban J connectivity index is 1.64. The summed E-state index contributed by atoms with van der Waals surface area (Å²) in [6.45, 7) is 12.5. The number of thioether (sulfide) groups is 1. The topological polar surface area (TPSA) is 72.2 Å². The Labute approximate surface area is 163 Å². The van der Waals surface area contributed by atoms with E-state index in [0.717, 1.165) is 22.6 Å². The molecule has 1 N–H and O–H groups in total. The molecule has 6 nitrogen and oxygen atoms in total. The van der Waals surface area contributed by atoms with Crippen molar-refractivity contribution in [2.24, 2.45) is 0 Å². The molecule has 1 aromatic carbocycles. The molecule has 0 fully saturated rings. The van der Waals surface area contributed by atoms with Crippen molar-refractivity contribution in [3.05, 3.63) is 46.8 Å². The zero-order chi connectivity index (χ0) is 19.8. The van der Waals surface area contributed by atoms with E-state index in [0.29, 0.717) is 10.9 Å². The summed E-state index contributed by atoms with van der Waals surface area (Å²) in [5, 5.41) is 7.92. The highest BCUT2D eigenvalue weighted by molar-refractivity contribution is 7.99. The van der Waals surface area contributed by atoms with E-state index in [4.69, 9.17) is 0 Å². The molecule has 3 rings (SSSR count). The molecule has 142 valence electrons. The van der Waals surface area contributed by atoms with E-state index in [1.807, 2.05) is 45.0 Å². The van der Waals surface area contributed by atoms with Gasteiger partial charge in [-0.3, -0.25) is 4.79 Å². The Morgan fingerprint density at radius 3 is 2.41 bits per heavy atom. The van der Waals surface area contributed by atoms with Crippen LogP contribution in [-0.2, 0) is 10.2 Å². The summed E-state index contributed by atoms with van der Waals surface area (Å²) in [6, 6.07) is 7.97. The summed E-state index contributed by atoms with van der Waals surface area (Å²) in [4.78, 5) is 21.1. The predicted octanol–water partition coefficient (Wildman–Crippen LogP) is 4.08. The second kappa shape index (κ2) is 7.31. The molecule has 2 heterocycles. The van der Waals surface area contributed by atoms with Crippen LogP contribution in [0.1, 0.15) is 43.3 Å². The van der Waals surface area contributed by atoms with E-state index >= 15 is 0 Å². The van der Waals surface area contributed by atoms with Crippen LogP contribution in [0.5, 0.6) is 0 Å². The normalized spacial score (nSPS) is 11.8. The standard InChI is InChI=1S/C20H25N5OS/c1-12-13(2)21-18-23-19(24-25(18)14(12)3)27-11-17(26)22-16-9-7-15(8-10-16)20(4,5)6/h7-10H,11H2,1-6H3,(H,22,26). The average Bonchev–Trinajstić information content (AvgIpc) is 3.01. The largest absolute Gasteiger partial charge is 0.325 e. The molecule has 0 aliphatic rings. The highest BCUT2D eigenvalue weighted by Gasteiger charge is 2.14. The minimum absolute atomic E-state index is 0.0839. The van der Waals surface area contributed by atoms with Gasteiger partial charge in [-0.25, -0.2) is 9.50 Å². The quantitative estimate of drug-likeness (QED) is 0.687. The maximum absolute atomic E-state index is 12.2. The number of fused-ring (bicyclic) bond motifs is 1. The van der Waals surface area contributed by atoms with E-state index in [1.54, 1.807) is 4.52 Å². The fourth-order valence-electron chi connectivity index (χ4n) is 2.68. The number of aryl methyl sites for hydroxylation is 2. The molecule has 2 aromatic heterocycles. The summed E-state index contributed by atoms with van der Waals surface area (Å²) in [7, 11) is 0. The van der Waals surface area contributed by atoms with Crippen molar-refractivity contribution in [3.8, 4) is 0 Å². The molecule has 3 aromatic rings. The van der Waals surface area contributed by atoms with Crippen molar-refractivity contribution in [3.63, 3.8) is 0 Å². The Hall–Kier alpha value is -2.41. The lowest BCUT2D eigenvalue weighted by Gasteiger charge is -2.19. The van der Waals surface area contributed by atoms with Gasteiger partial charge in [-0.05, 0) is 49.4 Å². The molecule has 0 saturated carbocycles. The van der Waals surface area contributed by atoms with Crippen molar-refractivity contribution in [2.45, 2.75) is 52.1 Å². The number of amides is 1. The predicted molar refractivity (Wildman–Crippen MR) is 109 cm³/mol. The fraction of sp³-hybridized carbons (Fsp3) is 0.400. The number of aromatic nitrogens is 4. The third kappa shape index (κ3) is 4.30. The second-order valence-electron chi connectivity index (χ2n) is 7.68. The van der Waals surface area contributed by atoms with Gasteiger partial charge in [-0.2, -0.15) is 4.98 Å². The Morgan fingerprint density at radius 1 is 1.11 bits per heavy atom. The first-order valence-electron chi connectivity index (χ1n) is 8.89. The van der Waals surface area contributed by atoms with Crippen molar-refractivity contribution in [2.75, 3.05) is 11.1 Å². The number of rotatable bonds is 4. The maximum Gasteiger partial charge on any atom is 0.253 e. The SMILES string of the molecule is Cc1nc2nc(SCC(=O)Nc3ccc(C(C)(C)C)cc3)nn2c(C)c1C. The molecule has 0 aliphatic heterocycles. The van der Waals surface area contributed by atoms with Crippen LogP contribution in [-0.4, -0.2) is 31.2 Å². The molecule has 0 aliphatic carbocycles. The Bertz CT molecular complexity index is 986. The maximum atomic E-state index is 12.2. The second-order valence-corrected chi connectivity index (χ2v) is 8.62. The molecule has 0 radical (unpaired) electrons. The van der Waals surface area contributed by atoms with Crippen LogP contribution in [0.25, 0.3) is 5.78 Å². The van der Waals surface area contributed by atoms with E-state index in [1.165, 1.54) is 17.3 Å². The molecule has 1 amide bonds. The lowest BCUT2D eigenvalue weighted by molar-refractivity contribution is -0.113. The number of nitrogens with zero attached hydrogens (tertiary/aromatic N) is 4. The molecule has 0 saturated heterocycles. The summed E-state index contributed by atoms with van der Waals surface area (Å²) in [5.74, 6) is 0.727. The molecule has 27 heavy (non-hydrogen) atoms. The molecule has 7 heteroatoms. The lowest BCUT2D eigenvalue weighted by atomic mass is 9.87. The lowest BCUT2D eigenvalue weighted by Crippen LogP contribution is -2.15. The van der Waals surface area contributed by atoms with Gasteiger partial charge in [0, 0.05) is 17.1 Å². The minimum Gasteiger partial charge on any atom is -0.325 e. The third-order valence-electron chi connectivity index (χ3n) is 4.61. The summed E-state index contributed by atoms with van der Waals surface area (Å²) >= 11 is 1.31. The first kappa shape index (κ1) is 19.4.